The van der Waals surface area contributed by atoms with E-state index >= 15 is 0 Å². The van der Waals surface area contributed by atoms with Gasteiger partial charge in [0.25, 0.3) is 6.71 Å². The fraction of sp³-hybridized carbons (Fsp3) is 0.0882. The summed E-state index contributed by atoms with van der Waals surface area (Å²) < 4.78 is 2.84. The molecule has 4 aliphatic carbocycles. The summed E-state index contributed by atoms with van der Waals surface area (Å²) in [4.78, 5) is 8.24. The first-order valence-corrected chi connectivity index (χ1v) is 27.3. The van der Waals surface area contributed by atoms with Crippen LogP contribution in [-0.2, 0) is 16.2 Å². The fourth-order valence-electron chi connectivity index (χ4n) is 14.6. The van der Waals surface area contributed by atoms with Gasteiger partial charge < -0.3 is 9.80 Å². The van der Waals surface area contributed by atoms with Gasteiger partial charge in [-0.2, -0.15) is 0 Å². The van der Waals surface area contributed by atoms with E-state index in [1.807, 2.05) is 0 Å². The molecule has 6 aliphatic rings. The number of anilines is 6. The minimum Gasteiger partial charge on any atom is -0.310 e. The highest BCUT2D eigenvalue weighted by atomic mass is 32.1. The lowest BCUT2D eigenvalue weighted by Crippen LogP contribution is -2.59. The Hall–Kier alpha value is -7.96. The standard InChI is InChI=1S/C68H45BN2S2/c1-66(2,3)40-38-55-59-56(39-40)71(42-24-8-5-9-25-42)61-58-48-31-15-21-37-54(48)68(51-34-18-12-28-45(51)46-29-13-19-35-52(46)68)63(58)73-65(61)69(59)64-60(70(55)41-22-6-4-7-23-41)57-47-30-14-20-36-53(47)67(62(57)72-64)49-32-16-10-26-43(49)44-27-11-17-33-50(44)67/h4-39H,1-3H3. The zero-order valence-corrected chi connectivity index (χ0v) is 42.2. The zero-order valence-electron chi connectivity index (χ0n) is 40.6. The Morgan fingerprint density at radius 3 is 1.01 bits per heavy atom. The van der Waals surface area contributed by atoms with E-state index in [4.69, 9.17) is 0 Å². The molecule has 73 heavy (non-hydrogen) atoms. The normalized spacial score (nSPS) is 15.5. The first-order valence-electron chi connectivity index (χ1n) is 25.7. The topological polar surface area (TPSA) is 6.48 Å². The highest BCUT2D eigenvalue weighted by molar-refractivity contribution is 7.37. The number of thiophene rings is 2. The predicted molar refractivity (Wildman–Crippen MR) is 308 cm³/mol. The summed E-state index contributed by atoms with van der Waals surface area (Å²) in [6.07, 6.45) is 0. The number of hydrogen-bond donors (Lipinski definition) is 0. The molecule has 0 atom stereocenters. The molecule has 0 bridgehead atoms. The van der Waals surface area contributed by atoms with Crippen LogP contribution >= 0.6 is 22.7 Å². The predicted octanol–water partition coefficient (Wildman–Crippen LogP) is 15.9. The molecule has 9 aromatic carbocycles. The van der Waals surface area contributed by atoms with Crippen LogP contribution in [0.25, 0.3) is 44.5 Å². The van der Waals surface area contributed by atoms with Crippen molar-refractivity contribution in [3.8, 4) is 44.5 Å². The Kier molecular flexibility index (Phi) is 7.77. The molecule has 2 spiro atoms. The van der Waals surface area contributed by atoms with Gasteiger partial charge in [0.1, 0.15) is 0 Å². The molecule has 0 radical (unpaired) electrons. The molecule has 0 saturated heterocycles. The molecule has 0 amide bonds. The van der Waals surface area contributed by atoms with Crippen molar-refractivity contribution in [1.29, 1.82) is 0 Å². The van der Waals surface area contributed by atoms with Crippen molar-refractivity contribution in [2.75, 3.05) is 9.80 Å². The van der Waals surface area contributed by atoms with Crippen molar-refractivity contribution in [1.82, 2.24) is 0 Å². The third-order valence-electron chi connectivity index (χ3n) is 17.4. The van der Waals surface area contributed by atoms with Gasteiger partial charge in [0.05, 0.1) is 22.2 Å². The van der Waals surface area contributed by atoms with Crippen molar-refractivity contribution in [2.45, 2.75) is 37.0 Å². The van der Waals surface area contributed by atoms with E-state index in [1.165, 1.54) is 142 Å². The van der Waals surface area contributed by atoms with Gasteiger partial charge in [-0.1, -0.05) is 203 Å². The fourth-order valence-corrected chi connectivity index (χ4v) is 18.0. The van der Waals surface area contributed by atoms with Crippen LogP contribution < -0.4 is 24.8 Å². The molecule has 0 fully saturated rings. The Labute approximate surface area is 434 Å². The summed E-state index contributed by atoms with van der Waals surface area (Å²) in [5.41, 5.74) is 28.2. The summed E-state index contributed by atoms with van der Waals surface area (Å²) in [5, 5.41) is 0. The quantitative estimate of drug-likeness (QED) is 0.159. The SMILES string of the molecule is CC(C)(C)c1cc2c3c(c1)N(c1ccccc1)c1c(sc4c1-c1ccccc1C41c4ccccc4-c4ccccc41)B3c1sc3c(c1N2c1ccccc1)-c1ccccc1C31c2ccccc2-c2ccccc21. The van der Waals surface area contributed by atoms with Crippen molar-refractivity contribution < 1.29 is 0 Å². The molecule has 342 valence electrons. The number of fused-ring (bicyclic) bond motifs is 26. The van der Waals surface area contributed by atoms with Crippen molar-refractivity contribution >= 4 is 78.5 Å². The van der Waals surface area contributed by atoms with Crippen molar-refractivity contribution in [2.24, 2.45) is 0 Å². The third-order valence-corrected chi connectivity index (χ3v) is 20.1. The van der Waals surface area contributed by atoms with Gasteiger partial charge in [0, 0.05) is 53.2 Å². The maximum atomic E-state index is 2.69. The Morgan fingerprint density at radius 2 is 0.671 bits per heavy atom. The molecule has 0 unspecified atom stereocenters. The van der Waals surface area contributed by atoms with Crippen LogP contribution in [0.1, 0.15) is 69.5 Å². The summed E-state index contributed by atoms with van der Waals surface area (Å²) in [6, 6.07) is 83.5. The van der Waals surface area contributed by atoms with Crippen molar-refractivity contribution in [3.05, 3.63) is 267 Å². The van der Waals surface area contributed by atoms with Gasteiger partial charge in [-0.25, -0.2) is 0 Å². The Bertz CT molecular complexity index is 3880. The number of hydrogen-bond acceptors (Lipinski definition) is 4. The second-order valence-electron chi connectivity index (χ2n) is 21.8. The number of benzene rings is 9. The molecule has 5 heteroatoms. The summed E-state index contributed by atoms with van der Waals surface area (Å²) in [6.45, 7) is 7.11. The van der Waals surface area contributed by atoms with E-state index < -0.39 is 10.8 Å². The lowest BCUT2D eigenvalue weighted by atomic mass is 9.39. The van der Waals surface area contributed by atoms with Crippen LogP contribution in [-0.4, -0.2) is 6.71 Å². The summed E-state index contributed by atoms with van der Waals surface area (Å²) in [7, 11) is 0. The number of rotatable bonds is 2. The maximum absolute atomic E-state index is 2.69. The van der Waals surface area contributed by atoms with E-state index in [1.54, 1.807) is 0 Å². The van der Waals surface area contributed by atoms with Gasteiger partial charge >= 0.3 is 0 Å². The van der Waals surface area contributed by atoms with E-state index in [9.17, 15) is 0 Å². The lowest BCUT2D eigenvalue weighted by Gasteiger charge is -2.43. The van der Waals surface area contributed by atoms with Crippen LogP contribution in [0.5, 0.6) is 0 Å². The molecule has 11 aromatic rings. The maximum Gasteiger partial charge on any atom is 0.277 e. The molecule has 2 aromatic heterocycles. The zero-order chi connectivity index (χ0) is 48.1. The van der Waals surface area contributed by atoms with Crippen LogP contribution in [0.4, 0.5) is 34.1 Å². The van der Waals surface area contributed by atoms with Gasteiger partial charge in [0.15, 0.2) is 0 Å². The lowest BCUT2D eigenvalue weighted by molar-refractivity contribution is 0.590. The summed E-state index contributed by atoms with van der Waals surface area (Å²) in [5.74, 6) is 0. The van der Waals surface area contributed by atoms with Crippen LogP contribution in [0.2, 0.25) is 0 Å². The highest BCUT2D eigenvalue weighted by Crippen LogP contribution is 2.69. The van der Waals surface area contributed by atoms with Gasteiger partial charge in [-0.3, -0.25) is 0 Å². The largest absolute Gasteiger partial charge is 0.310 e. The molecular weight excluding hydrogens is 920 g/mol. The smallest absolute Gasteiger partial charge is 0.277 e. The molecule has 4 heterocycles. The first-order chi connectivity index (χ1) is 35.9. The average molecular weight is 965 g/mol. The monoisotopic (exact) mass is 964 g/mol. The first kappa shape index (κ1) is 40.6. The van der Waals surface area contributed by atoms with Crippen LogP contribution in [0.3, 0.4) is 0 Å². The van der Waals surface area contributed by atoms with Crippen LogP contribution in [0.15, 0.2) is 218 Å². The molecule has 0 N–H and O–H groups in total. The third kappa shape index (κ3) is 4.74. The Morgan fingerprint density at radius 1 is 0.370 bits per heavy atom. The van der Waals surface area contributed by atoms with E-state index in [-0.39, 0.29) is 12.1 Å². The average Bonchev–Trinajstić information content (AvgIpc) is 4.27. The van der Waals surface area contributed by atoms with E-state index in [2.05, 4.69) is 272 Å². The second kappa shape index (κ2) is 14.0. The van der Waals surface area contributed by atoms with E-state index in [0.29, 0.717) is 0 Å². The molecule has 2 nitrogen and oxygen atoms in total. The van der Waals surface area contributed by atoms with Crippen molar-refractivity contribution in [3.63, 3.8) is 0 Å². The second-order valence-corrected chi connectivity index (χ2v) is 23.9. The highest BCUT2D eigenvalue weighted by Gasteiger charge is 2.60. The Balaban J connectivity index is 1.06. The molecule has 0 saturated carbocycles. The molecule has 17 rings (SSSR count). The minimum absolute atomic E-state index is 0.0395. The van der Waals surface area contributed by atoms with Gasteiger partial charge in [-0.15, -0.1) is 22.7 Å². The number of nitrogens with zero attached hydrogens (tertiary/aromatic N) is 2. The number of para-hydroxylation sites is 2. The molecule has 2 aliphatic heterocycles. The van der Waals surface area contributed by atoms with Gasteiger partial charge in [-0.05, 0) is 120 Å². The summed E-state index contributed by atoms with van der Waals surface area (Å²) >= 11 is 4.17. The minimum atomic E-state index is -0.472. The van der Waals surface area contributed by atoms with Crippen LogP contribution in [0, 0.1) is 0 Å². The van der Waals surface area contributed by atoms with E-state index in [0.717, 1.165) is 0 Å². The van der Waals surface area contributed by atoms with Gasteiger partial charge in [0.2, 0.25) is 0 Å². The molecular formula is C68H45BN2S2.